The molecular weight excluding hydrogens is 272 g/mol. The molecule has 1 aromatic rings. The van der Waals surface area contributed by atoms with E-state index in [4.69, 9.17) is 18.0 Å². The highest BCUT2D eigenvalue weighted by molar-refractivity contribution is 7.80. The van der Waals surface area contributed by atoms with Gasteiger partial charge < -0.3 is 11.1 Å². The van der Waals surface area contributed by atoms with Crippen molar-refractivity contribution in [3.63, 3.8) is 0 Å². The van der Waals surface area contributed by atoms with Crippen molar-refractivity contribution in [3.05, 3.63) is 23.8 Å². The van der Waals surface area contributed by atoms with E-state index in [1.165, 1.54) is 0 Å². The van der Waals surface area contributed by atoms with Crippen LogP contribution in [0.2, 0.25) is 0 Å². The first-order valence-corrected chi connectivity index (χ1v) is 7.31. The summed E-state index contributed by atoms with van der Waals surface area (Å²) in [6, 6.07) is 0. The molecule has 20 heavy (non-hydrogen) atoms. The molecule has 0 spiro atoms. The third-order valence-corrected chi connectivity index (χ3v) is 4.27. The van der Waals surface area contributed by atoms with Gasteiger partial charge >= 0.3 is 0 Å². The monoisotopic (exact) mass is 292 g/mol. The van der Waals surface area contributed by atoms with Gasteiger partial charge in [0.1, 0.15) is 0 Å². The SMILES string of the molecule is Cc1cnc(CNC(=O)C2(C(N)=S)CCCCC2)cn1. The van der Waals surface area contributed by atoms with Crippen molar-refractivity contribution >= 4 is 23.1 Å². The average molecular weight is 292 g/mol. The molecule has 0 saturated heterocycles. The zero-order valence-corrected chi connectivity index (χ0v) is 12.5. The standard InChI is InChI=1S/C14H20N4OS/c1-10-7-17-11(8-16-10)9-18-13(19)14(12(15)20)5-3-2-4-6-14/h7-8H,2-6,9H2,1H3,(H2,15,20)(H,18,19). The highest BCUT2D eigenvalue weighted by Crippen LogP contribution is 2.36. The van der Waals surface area contributed by atoms with Crippen LogP contribution in [0.4, 0.5) is 0 Å². The fourth-order valence-electron chi connectivity index (χ4n) is 2.59. The third-order valence-electron chi connectivity index (χ3n) is 3.88. The molecule has 0 unspecified atom stereocenters. The molecule has 0 aliphatic heterocycles. The largest absolute Gasteiger partial charge is 0.392 e. The van der Waals surface area contributed by atoms with Gasteiger partial charge in [0.15, 0.2) is 0 Å². The number of hydrogen-bond donors (Lipinski definition) is 2. The van der Waals surface area contributed by atoms with Crippen molar-refractivity contribution in [1.29, 1.82) is 0 Å². The summed E-state index contributed by atoms with van der Waals surface area (Å²) in [5.41, 5.74) is 6.75. The van der Waals surface area contributed by atoms with Crippen LogP contribution in [0.1, 0.15) is 43.5 Å². The van der Waals surface area contributed by atoms with Crippen LogP contribution in [-0.2, 0) is 11.3 Å². The Morgan fingerprint density at radius 2 is 2.05 bits per heavy atom. The van der Waals surface area contributed by atoms with Gasteiger partial charge in [0.2, 0.25) is 5.91 Å². The first-order valence-electron chi connectivity index (χ1n) is 6.90. The van der Waals surface area contributed by atoms with Gasteiger partial charge in [0.25, 0.3) is 0 Å². The number of amides is 1. The number of nitrogens with zero attached hydrogens (tertiary/aromatic N) is 2. The van der Waals surface area contributed by atoms with Gasteiger partial charge in [-0.15, -0.1) is 0 Å². The van der Waals surface area contributed by atoms with E-state index < -0.39 is 5.41 Å². The Morgan fingerprint density at radius 1 is 1.35 bits per heavy atom. The summed E-state index contributed by atoms with van der Waals surface area (Å²) >= 11 is 5.14. The molecule has 1 aliphatic rings. The molecule has 1 amide bonds. The minimum absolute atomic E-state index is 0.0768. The van der Waals surface area contributed by atoms with E-state index in [0.29, 0.717) is 11.5 Å². The molecule has 0 radical (unpaired) electrons. The predicted molar refractivity (Wildman–Crippen MR) is 80.9 cm³/mol. The summed E-state index contributed by atoms with van der Waals surface area (Å²) in [5.74, 6) is -0.0768. The number of carbonyl (C=O) groups is 1. The van der Waals surface area contributed by atoms with Crippen molar-refractivity contribution in [2.24, 2.45) is 11.1 Å². The summed E-state index contributed by atoms with van der Waals surface area (Å²) in [6.07, 6.45) is 7.97. The van der Waals surface area contributed by atoms with E-state index in [-0.39, 0.29) is 5.91 Å². The van der Waals surface area contributed by atoms with E-state index in [1.807, 2.05) is 6.92 Å². The number of carbonyl (C=O) groups excluding carboxylic acids is 1. The Kier molecular flexibility index (Phi) is 4.65. The maximum Gasteiger partial charge on any atom is 0.233 e. The van der Waals surface area contributed by atoms with E-state index in [1.54, 1.807) is 12.4 Å². The first kappa shape index (κ1) is 14.8. The Labute approximate surface area is 124 Å². The Balaban J connectivity index is 2.02. The molecule has 1 aliphatic carbocycles. The van der Waals surface area contributed by atoms with Crippen LogP contribution in [0, 0.1) is 12.3 Å². The fraction of sp³-hybridized carbons (Fsp3) is 0.571. The molecule has 0 aromatic carbocycles. The molecule has 1 heterocycles. The molecule has 1 aromatic heterocycles. The lowest BCUT2D eigenvalue weighted by Gasteiger charge is -2.34. The molecule has 5 nitrogen and oxygen atoms in total. The lowest BCUT2D eigenvalue weighted by molar-refractivity contribution is -0.129. The molecule has 0 bridgehead atoms. The second-order valence-electron chi connectivity index (χ2n) is 5.34. The van der Waals surface area contributed by atoms with Crippen molar-refractivity contribution < 1.29 is 4.79 Å². The normalized spacial score (nSPS) is 17.4. The number of nitrogens with one attached hydrogen (secondary N) is 1. The van der Waals surface area contributed by atoms with Crippen molar-refractivity contribution in [2.75, 3.05) is 0 Å². The smallest absolute Gasteiger partial charge is 0.233 e. The zero-order valence-electron chi connectivity index (χ0n) is 11.7. The first-order chi connectivity index (χ1) is 9.54. The zero-order chi connectivity index (χ0) is 14.6. The summed E-state index contributed by atoms with van der Waals surface area (Å²) in [4.78, 5) is 21.2. The average Bonchev–Trinajstić information content (AvgIpc) is 2.47. The van der Waals surface area contributed by atoms with Crippen molar-refractivity contribution in [2.45, 2.75) is 45.6 Å². The van der Waals surface area contributed by atoms with Gasteiger partial charge in [-0.1, -0.05) is 31.5 Å². The third kappa shape index (κ3) is 3.12. The number of thiocarbonyl (C=S) groups is 1. The molecule has 3 N–H and O–H groups in total. The van der Waals surface area contributed by atoms with Crippen LogP contribution in [0.3, 0.4) is 0 Å². The summed E-state index contributed by atoms with van der Waals surface area (Å²) in [5, 5.41) is 2.90. The second-order valence-corrected chi connectivity index (χ2v) is 5.78. The lowest BCUT2D eigenvalue weighted by atomic mass is 9.73. The van der Waals surface area contributed by atoms with Gasteiger partial charge in [-0.05, 0) is 19.8 Å². The van der Waals surface area contributed by atoms with Gasteiger partial charge in [-0.2, -0.15) is 0 Å². The summed E-state index contributed by atoms with van der Waals surface area (Å²) in [7, 11) is 0. The topological polar surface area (TPSA) is 80.9 Å². The molecule has 6 heteroatoms. The Bertz CT molecular complexity index is 494. The Morgan fingerprint density at radius 3 is 2.60 bits per heavy atom. The van der Waals surface area contributed by atoms with Gasteiger partial charge in [0, 0.05) is 6.20 Å². The fourth-order valence-corrected chi connectivity index (χ4v) is 2.89. The van der Waals surface area contributed by atoms with E-state index in [9.17, 15) is 4.79 Å². The van der Waals surface area contributed by atoms with Gasteiger partial charge in [0.05, 0.1) is 34.5 Å². The van der Waals surface area contributed by atoms with Crippen molar-refractivity contribution in [3.8, 4) is 0 Å². The number of nitrogens with two attached hydrogens (primary N) is 1. The maximum atomic E-state index is 12.5. The molecular formula is C14H20N4OS. The molecule has 108 valence electrons. The Hall–Kier alpha value is -1.56. The minimum atomic E-state index is -0.675. The quantitative estimate of drug-likeness (QED) is 0.825. The van der Waals surface area contributed by atoms with Gasteiger partial charge in [-0.3, -0.25) is 14.8 Å². The molecule has 1 saturated carbocycles. The van der Waals surface area contributed by atoms with Crippen LogP contribution in [0.15, 0.2) is 12.4 Å². The van der Waals surface area contributed by atoms with Crippen LogP contribution in [-0.4, -0.2) is 20.9 Å². The summed E-state index contributed by atoms with van der Waals surface area (Å²) < 4.78 is 0. The maximum absolute atomic E-state index is 12.5. The molecule has 0 atom stereocenters. The van der Waals surface area contributed by atoms with E-state index in [0.717, 1.165) is 43.5 Å². The minimum Gasteiger partial charge on any atom is -0.392 e. The van der Waals surface area contributed by atoms with Crippen LogP contribution in [0.5, 0.6) is 0 Å². The van der Waals surface area contributed by atoms with Crippen LogP contribution in [0.25, 0.3) is 0 Å². The highest BCUT2D eigenvalue weighted by atomic mass is 32.1. The predicted octanol–water partition coefficient (Wildman–Crippen LogP) is 1.64. The number of hydrogen-bond acceptors (Lipinski definition) is 4. The molecule has 2 rings (SSSR count). The number of aromatic nitrogens is 2. The highest BCUT2D eigenvalue weighted by Gasteiger charge is 2.42. The van der Waals surface area contributed by atoms with Crippen molar-refractivity contribution in [1.82, 2.24) is 15.3 Å². The summed E-state index contributed by atoms with van der Waals surface area (Å²) in [6.45, 7) is 2.23. The van der Waals surface area contributed by atoms with E-state index >= 15 is 0 Å². The molecule has 1 fully saturated rings. The van der Waals surface area contributed by atoms with E-state index in [2.05, 4.69) is 15.3 Å². The van der Waals surface area contributed by atoms with Crippen LogP contribution >= 0.6 is 12.2 Å². The van der Waals surface area contributed by atoms with Crippen LogP contribution < -0.4 is 11.1 Å². The second kappa shape index (κ2) is 6.26. The number of rotatable bonds is 4. The lowest BCUT2D eigenvalue weighted by Crippen LogP contribution is -2.49. The number of aryl methyl sites for hydroxylation is 1. The van der Waals surface area contributed by atoms with Gasteiger partial charge in [-0.25, -0.2) is 0 Å².